The number of nitrogens with zero attached hydrogens (tertiary/aromatic N) is 1. The monoisotopic (exact) mass is 255 g/mol. The van der Waals surface area contributed by atoms with E-state index >= 15 is 0 Å². The fourth-order valence-electron chi connectivity index (χ4n) is 2.38. The Morgan fingerprint density at radius 1 is 1.39 bits per heavy atom. The summed E-state index contributed by atoms with van der Waals surface area (Å²) in [7, 11) is 0. The van der Waals surface area contributed by atoms with Crippen molar-refractivity contribution in [2.75, 3.05) is 13.2 Å². The van der Waals surface area contributed by atoms with Gasteiger partial charge >= 0.3 is 0 Å². The second-order valence-corrected chi connectivity index (χ2v) is 4.67. The van der Waals surface area contributed by atoms with Gasteiger partial charge in [-0.2, -0.15) is 0 Å². The van der Waals surface area contributed by atoms with Crippen LogP contribution >= 0.6 is 0 Å². The van der Waals surface area contributed by atoms with Crippen LogP contribution in [0, 0.1) is 17.6 Å². The normalized spacial score (nSPS) is 23.4. The van der Waals surface area contributed by atoms with Crippen LogP contribution in [0.2, 0.25) is 0 Å². The lowest BCUT2D eigenvalue weighted by Crippen LogP contribution is -2.39. The number of aliphatic hydroxyl groups excluding tert-OH is 1. The molecule has 2 rings (SSSR count). The summed E-state index contributed by atoms with van der Waals surface area (Å²) in [5, 5.41) is 9.27. The number of hydrogen-bond donors (Lipinski definition) is 1. The number of amides is 1. The third-order valence-electron chi connectivity index (χ3n) is 3.44. The van der Waals surface area contributed by atoms with Gasteiger partial charge in [0.15, 0.2) is 0 Å². The number of carbonyl (C=O) groups excluding carboxylic acids is 1. The number of rotatable bonds is 2. The standard InChI is InChI=1S/C13H15F2NO2/c1-8-2-3-16(12(8)7-17)13(18)9-4-10(14)6-11(15)5-9/h4-6,8,12,17H,2-3,7H2,1H3. The van der Waals surface area contributed by atoms with E-state index in [1.165, 1.54) is 4.90 Å². The Labute approximate surface area is 104 Å². The van der Waals surface area contributed by atoms with Crippen LogP contribution < -0.4 is 0 Å². The molecule has 0 spiro atoms. The first-order valence-corrected chi connectivity index (χ1v) is 5.91. The average Bonchev–Trinajstić information content (AvgIpc) is 2.68. The van der Waals surface area contributed by atoms with Gasteiger partial charge in [-0.3, -0.25) is 4.79 Å². The van der Waals surface area contributed by atoms with Crippen molar-refractivity contribution >= 4 is 5.91 Å². The lowest BCUT2D eigenvalue weighted by molar-refractivity contribution is 0.0647. The summed E-state index contributed by atoms with van der Waals surface area (Å²) in [6.07, 6.45) is 0.786. The van der Waals surface area contributed by atoms with E-state index in [-0.39, 0.29) is 24.1 Å². The van der Waals surface area contributed by atoms with E-state index < -0.39 is 17.5 Å². The number of aliphatic hydroxyl groups is 1. The van der Waals surface area contributed by atoms with Crippen LogP contribution in [0.15, 0.2) is 18.2 Å². The molecule has 1 fully saturated rings. The maximum Gasteiger partial charge on any atom is 0.254 e. The first-order valence-electron chi connectivity index (χ1n) is 5.91. The third kappa shape index (κ3) is 2.36. The van der Waals surface area contributed by atoms with Gasteiger partial charge in [0.05, 0.1) is 12.6 Å². The zero-order valence-electron chi connectivity index (χ0n) is 10.1. The van der Waals surface area contributed by atoms with Gasteiger partial charge < -0.3 is 10.0 Å². The Kier molecular flexibility index (Phi) is 3.61. The van der Waals surface area contributed by atoms with E-state index in [9.17, 15) is 18.7 Å². The zero-order valence-corrected chi connectivity index (χ0v) is 10.1. The van der Waals surface area contributed by atoms with Crippen molar-refractivity contribution in [3.05, 3.63) is 35.4 Å². The van der Waals surface area contributed by atoms with Gasteiger partial charge in [-0.25, -0.2) is 8.78 Å². The van der Waals surface area contributed by atoms with E-state index in [4.69, 9.17) is 0 Å². The summed E-state index contributed by atoms with van der Waals surface area (Å²) in [6.45, 7) is 2.31. The quantitative estimate of drug-likeness (QED) is 0.875. The van der Waals surface area contributed by atoms with E-state index in [0.29, 0.717) is 6.54 Å². The van der Waals surface area contributed by atoms with Gasteiger partial charge in [-0.05, 0) is 24.5 Å². The third-order valence-corrected chi connectivity index (χ3v) is 3.44. The van der Waals surface area contributed by atoms with Crippen molar-refractivity contribution in [3.8, 4) is 0 Å². The fourth-order valence-corrected chi connectivity index (χ4v) is 2.38. The largest absolute Gasteiger partial charge is 0.394 e. The molecule has 1 aromatic rings. The maximum absolute atomic E-state index is 13.1. The van der Waals surface area contributed by atoms with Gasteiger partial charge in [0, 0.05) is 18.2 Å². The smallest absolute Gasteiger partial charge is 0.254 e. The summed E-state index contributed by atoms with van der Waals surface area (Å²) in [5.41, 5.74) is -0.0138. The van der Waals surface area contributed by atoms with E-state index in [2.05, 4.69) is 0 Å². The average molecular weight is 255 g/mol. The Balaban J connectivity index is 2.25. The van der Waals surface area contributed by atoms with Crippen LogP contribution in [0.5, 0.6) is 0 Å². The van der Waals surface area contributed by atoms with Crippen LogP contribution in [-0.4, -0.2) is 35.1 Å². The lowest BCUT2D eigenvalue weighted by Gasteiger charge is -2.25. The number of carbonyl (C=O) groups is 1. The SMILES string of the molecule is CC1CCN(C(=O)c2cc(F)cc(F)c2)C1CO. The van der Waals surface area contributed by atoms with E-state index in [1.54, 1.807) is 0 Å². The summed E-state index contributed by atoms with van der Waals surface area (Å²) >= 11 is 0. The van der Waals surface area contributed by atoms with Gasteiger partial charge in [0.25, 0.3) is 5.91 Å². The molecule has 0 aliphatic carbocycles. The van der Waals surface area contributed by atoms with Crippen molar-refractivity contribution in [1.29, 1.82) is 0 Å². The van der Waals surface area contributed by atoms with Crippen molar-refractivity contribution in [2.45, 2.75) is 19.4 Å². The molecule has 1 aliphatic rings. The Hall–Kier alpha value is -1.49. The molecule has 98 valence electrons. The molecule has 18 heavy (non-hydrogen) atoms. The summed E-state index contributed by atoms with van der Waals surface area (Å²) in [4.78, 5) is 13.6. The van der Waals surface area contributed by atoms with Crippen molar-refractivity contribution < 1.29 is 18.7 Å². The molecule has 0 bridgehead atoms. The highest BCUT2D eigenvalue weighted by molar-refractivity contribution is 5.94. The minimum Gasteiger partial charge on any atom is -0.394 e. The number of benzene rings is 1. The first-order chi connectivity index (χ1) is 8.52. The predicted octanol–water partition coefficient (Wildman–Crippen LogP) is 1.81. The molecule has 1 aromatic carbocycles. The number of halogens is 2. The molecule has 2 unspecified atom stereocenters. The van der Waals surface area contributed by atoms with E-state index in [0.717, 1.165) is 24.6 Å². The van der Waals surface area contributed by atoms with Crippen LogP contribution in [-0.2, 0) is 0 Å². The molecule has 0 saturated carbocycles. The minimum atomic E-state index is -0.772. The van der Waals surface area contributed by atoms with Gasteiger partial charge in [0.2, 0.25) is 0 Å². The molecule has 5 heteroatoms. The van der Waals surface area contributed by atoms with Crippen LogP contribution in [0.3, 0.4) is 0 Å². The molecule has 1 amide bonds. The minimum absolute atomic E-state index is 0.0138. The summed E-state index contributed by atoms with van der Waals surface area (Å²) in [6, 6.07) is 2.49. The maximum atomic E-state index is 13.1. The van der Waals surface area contributed by atoms with Gasteiger partial charge in [-0.1, -0.05) is 6.92 Å². The topological polar surface area (TPSA) is 40.5 Å². The molecule has 2 atom stereocenters. The second-order valence-electron chi connectivity index (χ2n) is 4.67. The second kappa shape index (κ2) is 5.02. The Bertz CT molecular complexity index is 444. The fraction of sp³-hybridized carbons (Fsp3) is 0.462. The molecular formula is C13H15F2NO2. The van der Waals surface area contributed by atoms with Crippen LogP contribution in [0.1, 0.15) is 23.7 Å². The van der Waals surface area contributed by atoms with Crippen molar-refractivity contribution in [3.63, 3.8) is 0 Å². The Morgan fingerprint density at radius 2 is 2.00 bits per heavy atom. The van der Waals surface area contributed by atoms with Crippen molar-refractivity contribution in [1.82, 2.24) is 4.90 Å². The Morgan fingerprint density at radius 3 is 2.56 bits per heavy atom. The van der Waals surface area contributed by atoms with Crippen molar-refractivity contribution in [2.24, 2.45) is 5.92 Å². The highest BCUT2D eigenvalue weighted by Crippen LogP contribution is 2.25. The van der Waals surface area contributed by atoms with Gasteiger partial charge in [-0.15, -0.1) is 0 Å². The molecule has 1 saturated heterocycles. The number of likely N-dealkylation sites (tertiary alicyclic amines) is 1. The zero-order chi connectivity index (χ0) is 13.3. The molecule has 1 aliphatic heterocycles. The molecule has 1 N–H and O–H groups in total. The highest BCUT2D eigenvalue weighted by atomic mass is 19.1. The van der Waals surface area contributed by atoms with Gasteiger partial charge in [0.1, 0.15) is 11.6 Å². The van der Waals surface area contributed by atoms with Crippen LogP contribution in [0.25, 0.3) is 0 Å². The summed E-state index contributed by atoms with van der Waals surface area (Å²) < 4.78 is 26.1. The lowest BCUT2D eigenvalue weighted by atomic mass is 10.0. The first kappa shape index (κ1) is 13.0. The molecular weight excluding hydrogens is 240 g/mol. The molecule has 0 radical (unpaired) electrons. The predicted molar refractivity (Wildman–Crippen MR) is 62.0 cm³/mol. The van der Waals surface area contributed by atoms with E-state index in [1.807, 2.05) is 6.92 Å². The van der Waals surface area contributed by atoms with Crippen LogP contribution in [0.4, 0.5) is 8.78 Å². The number of hydrogen-bond acceptors (Lipinski definition) is 2. The molecule has 3 nitrogen and oxygen atoms in total. The molecule has 1 heterocycles. The highest BCUT2D eigenvalue weighted by Gasteiger charge is 2.34. The summed E-state index contributed by atoms with van der Waals surface area (Å²) in [5.74, 6) is -1.79. The molecule has 0 aromatic heterocycles.